The standard InChI is InChI=1S/C15H16N2O/c1-17(11-12-5-3-2-4-6-12)14-9-7-13(8-10-14)15(16)18/h2-10H,11H2,1H3,(H2,16,18). The van der Waals surface area contributed by atoms with Crippen LogP contribution in [0.4, 0.5) is 5.69 Å². The Balaban J connectivity index is 2.09. The van der Waals surface area contributed by atoms with Crippen LogP contribution in [0.2, 0.25) is 0 Å². The highest BCUT2D eigenvalue weighted by Crippen LogP contribution is 2.16. The summed E-state index contributed by atoms with van der Waals surface area (Å²) < 4.78 is 0. The molecule has 0 radical (unpaired) electrons. The molecule has 2 aromatic carbocycles. The van der Waals surface area contributed by atoms with Crippen LogP contribution >= 0.6 is 0 Å². The van der Waals surface area contributed by atoms with E-state index in [1.807, 2.05) is 37.4 Å². The van der Waals surface area contributed by atoms with E-state index in [1.165, 1.54) is 5.56 Å². The van der Waals surface area contributed by atoms with Crippen molar-refractivity contribution in [1.29, 1.82) is 0 Å². The van der Waals surface area contributed by atoms with Crippen LogP contribution in [-0.2, 0) is 6.54 Å². The molecule has 0 aromatic heterocycles. The molecule has 2 rings (SSSR count). The molecule has 18 heavy (non-hydrogen) atoms. The molecule has 1 amide bonds. The molecule has 0 heterocycles. The van der Waals surface area contributed by atoms with E-state index in [9.17, 15) is 4.79 Å². The van der Waals surface area contributed by atoms with Gasteiger partial charge in [0, 0.05) is 24.8 Å². The Hall–Kier alpha value is -2.29. The molecule has 0 atom stereocenters. The largest absolute Gasteiger partial charge is 0.370 e. The van der Waals surface area contributed by atoms with Gasteiger partial charge in [0.05, 0.1) is 0 Å². The fourth-order valence-electron chi connectivity index (χ4n) is 1.83. The highest BCUT2D eigenvalue weighted by molar-refractivity contribution is 5.93. The van der Waals surface area contributed by atoms with Gasteiger partial charge in [0.1, 0.15) is 0 Å². The number of carbonyl (C=O) groups is 1. The molecular weight excluding hydrogens is 224 g/mol. The SMILES string of the molecule is CN(Cc1ccccc1)c1ccc(C(N)=O)cc1. The Kier molecular flexibility index (Phi) is 3.63. The molecule has 0 bridgehead atoms. The summed E-state index contributed by atoms with van der Waals surface area (Å²) >= 11 is 0. The van der Waals surface area contributed by atoms with Crippen LogP contribution in [0.25, 0.3) is 0 Å². The molecule has 92 valence electrons. The van der Waals surface area contributed by atoms with Gasteiger partial charge in [-0.15, -0.1) is 0 Å². The lowest BCUT2D eigenvalue weighted by molar-refractivity contribution is 0.100. The van der Waals surface area contributed by atoms with Gasteiger partial charge in [0.25, 0.3) is 0 Å². The lowest BCUT2D eigenvalue weighted by atomic mass is 10.1. The predicted molar refractivity (Wildman–Crippen MR) is 73.5 cm³/mol. The van der Waals surface area contributed by atoms with E-state index in [0.717, 1.165) is 12.2 Å². The Labute approximate surface area is 107 Å². The van der Waals surface area contributed by atoms with Crippen molar-refractivity contribution in [2.75, 3.05) is 11.9 Å². The van der Waals surface area contributed by atoms with E-state index in [0.29, 0.717) is 5.56 Å². The molecule has 0 aliphatic carbocycles. The summed E-state index contributed by atoms with van der Waals surface area (Å²) in [7, 11) is 2.02. The van der Waals surface area contributed by atoms with E-state index >= 15 is 0 Å². The average Bonchev–Trinajstić information content (AvgIpc) is 2.40. The highest BCUT2D eigenvalue weighted by Gasteiger charge is 2.04. The zero-order chi connectivity index (χ0) is 13.0. The number of nitrogens with two attached hydrogens (primary N) is 1. The average molecular weight is 240 g/mol. The fraction of sp³-hybridized carbons (Fsp3) is 0.133. The molecule has 0 spiro atoms. The van der Waals surface area contributed by atoms with Gasteiger partial charge in [0.15, 0.2) is 0 Å². The summed E-state index contributed by atoms with van der Waals surface area (Å²) in [5, 5.41) is 0. The second kappa shape index (κ2) is 5.36. The zero-order valence-electron chi connectivity index (χ0n) is 10.3. The van der Waals surface area contributed by atoms with Gasteiger partial charge < -0.3 is 10.6 Å². The van der Waals surface area contributed by atoms with E-state index in [1.54, 1.807) is 12.1 Å². The maximum atomic E-state index is 11.0. The quantitative estimate of drug-likeness (QED) is 0.892. The molecule has 2 N–H and O–H groups in total. The molecule has 0 saturated heterocycles. The minimum absolute atomic E-state index is 0.396. The van der Waals surface area contributed by atoms with E-state index in [-0.39, 0.29) is 0 Å². The first-order chi connectivity index (χ1) is 8.66. The van der Waals surface area contributed by atoms with Gasteiger partial charge in [-0.2, -0.15) is 0 Å². The number of amides is 1. The van der Waals surface area contributed by atoms with E-state index in [4.69, 9.17) is 5.73 Å². The van der Waals surface area contributed by atoms with Crippen LogP contribution in [-0.4, -0.2) is 13.0 Å². The Morgan fingerprint density at radius 3 is 2.22 bits per heavy atom. The van der Waals surface area contributed by atoms with Crippen LogP contribution < -0.4 is 10.6 Å². The summed E-state index contributed by atoms with van der Waals surface area (Å²) in [4.78, 5) is 13.1. The van der Waals surface area contributed by atoms with Crippen LogP contribution in [0.1, 0.15) is 15.9 Å². The van der Waals surface area contributed by atoms with Crippen molar-refractivity contribution in [3.05, 3.63) is 65.7 Å². The fourth-order valence-corrected chi connectivity index (χ4v) is 1.83. The summed E-state index contributed by atoms with van der Waals surface area (Å²) in [6, 6.07) is 17.6. The molecule has 0 aliphatic heterocycles. The van der Waals surface area contributed by atoms with Gasteiger partial charge >= 0.3 is 0 Å². The minimum Gasteiger partial charge on any atom is -0.370 e. The minimum atomic E-state index is -0.396. The van der Waals surface area contributed by atoms with Crippen molar-refractivity contribution in [3.8, 4) is 0 Å². The van der Waals surface area contributed by atoms with Gasteiger partial charge in [-0.05, 0) is 29.8 Å². The van der Waals surface area contributed by atoms with Crippen molar-refractivity contribution in [2.24, 2.45) is 5.73 Å². The molecule has 3 heteroatoms. The van der Waals surface area contributed by atoms with Crippen LogP contribution in [0.5, 0.6) is 0 Å². The summed E-state index contributed by atoms with van der Waals surface area (Å²) in [5.74, 6) is -0.396. The van der Waals surface area contributed by atoms with E-state index in [2.05, 4.69) is 17.0 Å². The third kappa shape index (κ3) is 2.88. The number of anilines is 1. The molecule has 0 saturated carbocycles. The second-order valence-electron chi connectivity index (χ2n) is 4.25. The number of benzene rings is 2. The normalized spacial score (nSPS) is 10.1. The van der Waals surface area contributed by atoms with Gasteiger partial charge in [-0.3, -0.25) is 4.79 Å². The third-order valence-corrected chi connectivity index (χ3v) is 2.86. The third-order valence-electron chi connectivity index (χ3n) is 2.86. The van der Waals surface area contributed by atoms with Crippen LogP contribution in [0.3, 0.4) is 0 Å². The topological polar surface area (TPSA) is 46.3 Å². The van der Waals surface area contributed by atoms with E-state index < -0.39 is 5.91 Å². The number of hydrogen-bond donors (Lipinski definition) is 1. The first-order valence-corrected chi connectivity index (χ1v) is 5.82. The number of hydrogen-bond acceptors (Lipinski definition) is 2. The number of carbonyl (C=O) groups excluding carboxylic acids is 1. The van der Waals surface area contributed by atoms with Gasteiger partial charge in [0.2, 0.25) is 5.91 Å². The van der Waals surface area contributed by atoms with Crippen molar-refractivity contribution in [1.82, 2.24) is 0 Å². The van der Waals surface area contributed by atoms with Crippen molar-refractivity contribution >= 4 is 11.6 Å². The van der Waals surface area contributed by atoms with Gasteiger partial charge in [-0.25, -0.2) is 0 Å². The molecular formula is C15H16N2O. The molecule has 0 unspecified atom stereocenters. The molecule has 2 aromatic rings. The maximum Gasteiger partial charge on any atom is 0.248 e. The van der Waals surface area contributed by atoms with Crippen molar-refractivity contribution < 1.29 is 4.79 Å². The Morgan fingerprint density at radius 2 is 1.67 bits per heavy atom. The Morgan fingerprint density at radius 1 is 1.06 bits per heavy atom. The van der Waals surface area contributed by atoms with Crippen LogP contribution in [0.15, 0.2) is 54.6 Å². The maximum absolute atomic E-state index is 11.0. The van der Waals surface area contributed by atoms with Crippen molar-refractivity contribution in [3.63, 3.8) is 0 Å². The Bertz CT molecular complexity index is 520. The lowest BCUT2D eigenvalue weighted by Gasteiger charge is -2.19. The first kappa shape index (κ1) is 12.2. The van der Waals surface area contributed by atoms with Crippen LogP contribution in [0, 0.1) is 0 Å². The zero-order valence-corrected chi connectivity index (χ0v) is 10.3. The lowest BCUT2D eigenvalue weighted by Crippen LogP contribution is -2.17. The molecule has 0 fully saturated rings. The summed E-state index contributed by atoms with van der Waals surface area (Å²) in [6.07, 6.45) is 0. The number of nitrogens with zero attached hydrogens (tertiary/aromatic N) is 1. The molecule has 0 aliphatic rings. The smallest absolute Gasteiger partial charge is 0.248 e. The monoisotopic (exact) mass is 240 g/mol. The summed E-state index contributed by atoms with van der Waals surface area (Å²) in [6.45, 7) is 0.830. The predicted octanol–water partition coefficient (Wildman–Crippen LogP) is 2.42. The second-order valence-corrected chi connectivity index (χ2v) is 4.25. The number of primary amides is 1. The number of rotatable bonds is 4. The highest BCUT2D eigenvalue weighted by atomic mass is 16.1. The van der Waals surface area contributed by atoms with Crippen molar-refractivity contribution in [2.45, 2.75) is 6.54 Å². The first-order valence-electron chi connectivity index (χ1n) is 5.82. The van der Waals surface area contributed by atoms with Gasteiger partial charge in [-0.1, -0.05) is 30.3 Å². The summed E-state index contributed by atoms with van der Waals surface area (Å²) in [5.41, 5.74) is 8.05. The molecule has 3 nitrogen and oxygen atoms in total.